The molecule has 0 saturated carbocycles. The van der Waals surface area contributed by atoms with Gasteiger partial charge >= 0.3 is 0 Å². The fourth-order valence-electron chi connectivity index (χ4n) is 2.88. The van der Waals surface area contributed by atoms with Gasteiger partial charge in [0.1, 0.15) is 0 Å². The summed E-state index contributed by atoms with van der Waals surface area (Å²) >= 11 is 37.9. The molecule has 0 saturated heterocycles. The lowest BCUT2D eigenvalue weighted by Gasteiger charge is -2.29. The van der Waals surface area contributed by atoms with Crippen LogP contribution in [0.15, 0.2) is 71.6 Å². The first-order valence-electron chi connectivity index (χ1n) is 9.03. The van der Waals surface area contributed by atoms with Gasteiger partial charge in [-0.25, -0.2) is 0 Å². The Morgan fingerprint density at radius 2 is 1.21 bits per heavy atom. The van der Waals surface area contributed by atoms with E-state index in [1.165, 1.54) is 24.3 Å². The number of hydrogen-bond acceptors (Lipinski definition) is 6. The summed E-state index contributed by atoms with van der Waals surface area (Å²) in [5.41, 5.74) is 0.422. The van der Waals surface area contributed by atoms with Crippen LogP contribution in [0.4, 0.5) is 22.7 Å². The molecule has 0 atom stereocenters. The third-order valence-electron chi connectivity index (χ3n) is 4.37. The number of halogens is 6. The fraction of sp³-hybridized carbons (Fsp3) is 0.100. The number of nitrogens with zero attached hydrogens (tertiary/aromatic N) is 3. The SMILES string of the molecule is O=[N+]([O-])c1ccc(SN(c2ccccc2)c2ccc([N+](=O)[O-])cc2C(Cl)(Cl)Cl)c(C(Cl)(Cl)Cl)c1. The first-order chi connectivity index (χ1) is 15.8. The van der Waals surface area contributed by atoms with Gasteiger partial charge in [0.15, 0.2) is 0 Å². The summed E-state index contributed by atoms with van der Waals surface area (Å²) in [6, 6.07) is 16.5. The van der Waals surface area contributed by atoms with E-state index in [4.69, 9.17) is 69.6 Å². The van der Waals surface area contributed by atoms with Crippen LogP contribution in [-0.2, 0) is 7.59 Å². The lowest BCUT2D eigenvalue weighted by atomic mass is 10.1. The van der Waals surface area contributed by atoms with Crippen molar-refractivity contribution in [3.8, 4) is 0 Å². The molecule has 0 amide bonds. The van der Waals surface area contributed by atoms with Crippen LogP contribution < -0.4 is 4.31 Å². The molecule has 3 rings (SSSR count). The number of benzene rings is 3. The van der Waals surface area contributed by atoms with Gasteiger partial charge in [-0.2, -0.15) is 0 Å². The molecule has 0 aliphatic heterocycles. The van der Waals surface area contributed by atoms with Crippen LogP contribution in [-0.4, -0.2) is 9.85 Å². The van der Waals surface area contributed by atoms with Crippen molar-refractivity contribution in [2.45, 2.75) is 12.5 Å². The number of nitro groups is 2. The smallest absolute Gasteiger partial charge is 0.270 e. The molecule has 0 unspecified atom stereocenters. The second-order valence-electron chi connectivity index (χ2n) is 6.61. The third kappa shape index (κ3) is 6.31. The van der Waals surface area contributed by atoms with E-state index in [0.29, 0.717) is 16.3 Å². The minimum Gasteiger partial charge on any atom is -0.280 e. The van der Waals surface area contributed by atoms with Crippen molar-refractivity contribution in [3.63, 3.8) is 0 Å². The molecule has 0 aromatic heterocycles. The molecule has 0 radical (unpaired) electrons. The monoisotopic (exact) mass is 599 g/mol. The normalized spacial score (nSPS) is 11.8. The zero-order valence-electron chi connectivity index (χ0n) is 16.5. The van der Waals surface area contributed by atoms with Crippen molar-refractivity contribution in [1.29, 1.82) is 0 Å². The molecule has 0 aliphatic rings. The van der Waals surface area contributed by atoms with Gasteiger partial charge in [-0.1, -0.05) is 87.8 Å². The van der Waals surface area contributed by atoms with Gasteiger partial charge in [0.05, 0.1) is 21.2 Å². The van der Waals surface area contributed by atoms with Gasteiger partial charge in [-0.15, -0.1) is 0 Å². The number of anilines is 2. The average molecular weight is 602 g/mol. The maximum atomic E-state index is 11.3. The van der Waals surface area contributed by atoms with Crippen LogP contribution in [0.5, 0.6) is 0 Å². The molecule has 34 heavy (non-hydrogen) atoms. The molecular formula is C20H11Cl6N3O4S. The first-order valence-corrected chi connectivity index (χ1v) is 12.1. The van der Waals surface area contributed by atoms with Gasteiger partial charge < -0.3 is 0 Å². The molecule has 178 valence electrons. The van der Waals surface area contributed by atoms with Crippen molar-refractivity contribution in [1.82, 2.24) is 0 Å². The van der Waals surface area contributed by atoms with Gasteiger partial charge in [0, 0.05) is 40.3 Å². The number of hydrogen-bond donors (Lipinski definition) is 0. The quantitative estimate of drug-likeness (QED) is 0.121. The highest BCUT2D eigenvalue weighted by molar-refractivity contribution is 8.01. The van der Waals surface area contributed by atoms with Gasteiger partial charge in [-0.05, 0) is 36.2 Å². The van der Waals surface area contributed by atoms with E-state index in [-0.39, 0.29) is 22.5 Å². The standard InChI is InChI=1S/C20H11Cl6N3O4S/c21-19(22,23)15-10-13(28(30)31)6-8-17(15)27(12-4-2-1-3-5-12)34-18-9-7-14(29(32)33)11-16(18)20(24,25)26/h1-11H. The molecule has 0 fully saturated rings. The zero-order valence-corrected chi connectivity index (χ0v) is 21.9. The second-order valence-corrected chi connectivity index (χ2v) is 12.2. The number of rotatable bonds is 6. The molecule has 0 aliphatic carbocycles. The Kier molecular flexibility index (Phi) is 8.35. The number of alkyl halides is 6. The zero-order chi connectivity index (χ0) is 25.3. The summed E-state index contributed by atoms with van der Waals surface area (Å²) in [6.07, 6.45) is 0. The maximum absolute atomic E-state index is 11.3. The second kappa shape index (κ2) is 10.5. The van der Waals surface area contributed by atoms with E-state index >= 15 is 0 Å². The van der Waals surface area contributed by atoms with Crippen molar-refractivity contribution in [3.05, 3.63) is 98.1 Å². The number of non-ortho nitro benzene ring substituents is 2. The van der Waals surface area contributed by atoms with Crippen LogP contribution in [0.3, 0.4) is 0 Å². The highest BCUT2D eigenvalue weighted by atomic mass is 35.6. The van der Waals surface area contributed by atoms with E-state index in [2.05, 4.69) is 0 Å². The van der Waals surface area contributed by atoms with E-state index in [1.54, 1.807) is 34.6 Å². The highest BCUT2D eigenvalue weighted by Gasteiger charge is 2.34. The maximum Gasteiger partial charge on any atom is 0.270 e. The minimum atomic E-state index is -2.03. The van der Waals surface area contributed by atoms with Crippen LogP contribution in [0.25, 0.3) is 0 Å². The van der Waals surface area contributed by atoms with Gasteiger partial charge in [-0.3, -0.25) is 24.5 Å². The summed E-state index contributed by atoms with van der Waals surface area (Å²) in [4.78, 5) is 21.7. The summed E-state index contributed by atoms with van der Waals surface area (Å²) in [6.45, 7) is 0. The van der Waals surface area contributed by atoms with Crippen LogP contribution in [0, 0.1) is 20.2 Å². The summed E-state index contributed by atoms with van der Waals surface area (Å²) in [5, 5.41) is 22.6. The summed E-state index contributed by atoms with van der Waals surface area (Å²) < 4.78 is -2.41. The Bertz CT molecular complexity index is 1240. The Hall–Kier alpha value is -1.65. The predicted molar refractivity (Wildman–Crippen MR) is 139 cm³/mol. The van der Waals surface area contributed by atoms with Crippen LogP contribution >= 0.6 is 81.6 Å². The van der Waals surface area contributed by atoms with Crippen LogP contribution in [0.1, 0.15) is 11.1 Å². The Labute approximate surface area is 227 Å². The molecular weight excluding hydrogens is 591 g/mol. The van der Waals surface area contributed by atoms with Crippen molar-refractivity contribution >= 4 is 104 Å². The lowest BCUT2D eigenvalue weighted by Crippen LogP contribution is -2.15. The van der Waals surface area contributed by atoms with E-state index in [1.807, 2.05) is 0 Å². The fourth-order valence-corrected chi connectivity index (χ4v) is 5.09. The molecule has 7 nitrogen and oxygen atoms in total. The first kappa shape index (κ1) is 26.9. The van der Waals surface area contributed by atoms with Crippen molar-refractivity contribution in [2.24, 2.45) is 0 Å². The molecule has 0 bridgehead atoms. The Balaban J connectivity index is 2.24. The largest absolute Gasteiger partial charge is 0.280 e. The highest BCUT2D eigenvalue weighted by Crippen LogP contribution is 2.51. The summed E-state index contributed by atoms with van der Waals surface area (Å²) in [7, 11) is 0. The number of para-hydroxylation sites is 1. The van der Waals surface area contributed by atoms with Gasteiger partial charge in [0.25, 0.3) is 11.4 Å². The van der Waals surface area contributed by atoms with E-state index < -0.39 is 17.4 Å². The molecule has 0 N–H and O–H groups in total. The average Bonchev–Trinajstić information content (AvgIpc) is 2.76. The Morgan fingerprint density at radius 3 is 1.71 bits per heavy atom. The third-order valence-corrected chi connectivity index (χ3v) is 6.74. The summed E-state index contributed by atoms with van der Waals surface area (Å²) in [5.74, 6) is 0. The molecule has 3 aromatic rings. The molecule has 0 spiro atoms. The topological polar surface area (TPSA) is 89.5 Å². The van der Waals surface area contributed by atoms with Crippen molar-refractivity contribution in [2.75, 3.05) is 4.31 Å². The van der Waals surface area contributed by atoms with E-state index in [9.17, 15) is 20.2 Å². The molecule has 14 heteroatoms. The predicted octanol–water partition coefficient (Wildman–Crippen LogP) is 9.00. The lowest BCUT2D eigenvalue weighted by molar-refractivity contribution is -0.385. The molecule has 0 heterocycles. The molecule has 3 aromatic carbocycles. The van der Waals surface area contributed by atoms with Crippen LogP contribution in [0.2, 0.25) is 0 Å². The number of nitro benzene ring substituents is 2. The van der Waals surface area contributed by atoms with Crippen molar-refractivity contribution < 1.29 is 9.85 Å². The Morgan fingerprint density at radius 1 is 0.706 bits per heavy atom. The minimum absolute atomic E-state index is 0.0281. The van der Waals surface area contributed by atoms with Gasteiger partial charge in [0.2, 0.25) is 7.59 Å². The van der Waals surface area contributed by atoms with E-state index in [0.717, 1.165) is 24.1 Å².